The third kappa shape index (κ3) is 4.03. The Bertz CT molecular complexity index is 696. The molecule has 0 amide bonds. The molecule has 0 heterocycles. The second-order valence-corrected chi connectivity index (χ2v) is 5.44. The molecular weight excluding hydrogens is 321 g/mol. The summed E-state index contributed by atoms with van der Waals surface area (Å²) in [5, 5.41) is 3.87. The molecule has 3 nitrogen and oxygen atoms in total. The lowest BCUT2D eigenvalue weighted by molar-refractivity contribution is 0.0993. The van der Waals surface area contributed by atoms with E-state index in [0.717, 1.165) is 0 Å². The molecule has 22 heavy (non-hydrogen) atoms. The zero-order valence-electron chi connectivity index (χ0n) is 12.0. The molecule has 5 heteroatoms. The summed E-state index contributed by atoms with van der Waals surface area (Å²) < 4.78 is 5.07. The van der Waals surface area contributed by atoms with Crippen LogP contribution < -0.4 is 10.1 Å². The molecule has 0 radical (unpaired) electrons. The molecule has 2 rings (SSSR count). The second-order valence-electron chi connectivity index (χ2n) is 4.66. The number of carbonyl (C=O) groups is 1. The van der Waals surface area contributed by atoms with Crippen LogP contribution in [0, 0.1) is 0 Å². The lowest BCUT2D eigenvalue weighted by Gasteiger charge is -2.11. The molecule has 0 unspecified atom stereocenters. The highest BCUT2D eigenvalue weighted by Crippen LogP contribution is 2.30. The van der Waals surface area contributed by atoms with Gasteiger partial charge in [-0.3, -0.25) is 4.79 Å². The van der Waals surface area contributed by atoms with Crippen molar-refractivity contribution in [3.8, 4) is 5.75 Å². The zero-order chi connectivity index (χ0) is 16.1. The van der Waals surface area contributed by atoms with Crippen LogP contribution in [0.5, 0.6) is 5.75 Å². The van der Waals surface area contributed by atoms with Crippen LogP contribution in [0.1, 0.15) is 16.8 Å². The molecule has 0 saturated heterocycles. The van der Waals surface area contributed by atoms with Crippen LogP contribution in [-0.4, -0.2) is 12.9 Å². The van der Waals surface area contributed by atoms with Gasteiger partial charge in [0.1, 0.15) is 5.75 Å². The van der Waals surface area contributed by atoms with Gasteiger partial charge in [0, 0.05) is 11.3 Å². The predicted molar refractivity (Wildman–Crippen MR) is 91.2 cm³/mol. The smallest absolute Gasteiger partial charge is 0.168 e. The van der Waals surface area contributed by atoms with Crippen LogP contribution in [0.25, 0.3) is 0 Å². The molecular formula is C17H15Cl2NO2. The van der Waals surface area contributed by atoms with E-state index < -0.39 is 0 Å². The number of ether oxygens (including phenoxy) is 1. The molecule has 2 aromatic rings. The normalized spacial score (nSPS) is 10.1. The number of rotatable bonds is 6. The fourth-order valence-corrected chi connectivity index (χ4v) is 2.26. The van der Waals surface area contributed by atoms with Gasteiger partial charge in [0.25, 0.3) is 0 Å². The number of halogens is 2. The maximum absolute atomic E-state index is 12.2. The van der Waals surface area contributed by atoms with Crippen molar-refractivity contribution in [1.82, 2.24) is 0 Å². The summed E-state index contributed by atoms with van der Waals surface area (Å²) in [6.07, 6.45) is 0.162. The van der Waals surface area contributed by atoms with E-state index >= 15 is 0 Å². The van der Waals surface area contributed by atoms with Gasteiger partial charge in [-0.05, 0) is 36.4 Å². The number of nitrogens with one attached hydrogen (secondary N) is 1. The summed E-state index contributed by atoms with van der Waals surface area (Å²) in [6, 6.07) is 12.2. The molecule has 2 aromatic carbocycles. The molecule has 0 spiro atoms. The summed E-state index contributed by atoms with van der Waals surface area (Å²) in [5.41, 5.74) is 1.77. The van der Waals surface area contributed by atoms with Crippen molar-refractivity contribution < 1.29 is 9.53 Å². The number of hydrogen-bond acceptors (Lipinski definition) is 3. The van der Waals surface area contributed by atoms with Crippen molar-refractivity contribution >= 4 is 34.7 Å². The number of Topliss-reactive ketones (excluding diaryl/α,β-unsaturated/α-hetero) is 1. The Hall–Kier alpha value is -1.97. The number of hydrogen-bond donors (Lipinski definition) is 1. The van der Waals surface area contributed by atoms with Crippen LogP contribution in [0.2, 0.25) is 10.0 Å². The quantitative estimate of drug-likeness (QED) is 0.737. The Kier molecular flexibility index (Phi) is 5.47. The van der Waals surface area contributed by atoms with Gasteiger partial charge >= 0.3 is 0 Å². The molecule has 1 N–H and O–H groups in total. The maximum atomic E-state index is 12.2. The molecule has 0 aliphatic carbocycles. The number of allylic oxidation sites excluding steroid dienone is 1. The summed E-state index contributed by atoms with van der Waals surface area (Å²) in [5.74, 6) is 0.664. The molecule has 0 bridgehead atoms. The van der Waals surface area contributed by atoms with E-state index in [0.29, 0.717) is 32.7 Å². The zero-order valence-corrected chi connectivity index (χ0v) is 13.5. The Morgan fingerprint density at radius 1 is 1.18 bits per heavy atom. The minimum Gasteiger partial charge on any atom is -0.497 e. The van der Waals surface area contributed by atoms with E-state index in [2.05, 4.69) is 11.9 Å². The van der Waals surface area contributed by atoms with Gasteiger partial charge in [-0.15, -0.1) is 0 Å². The lowest BCUT2D eigenvalue weighted by atomic mass is 10.1. The lowest BCUT2D eigenvalue weighted by Crippen LogP contribution is -2.06. The molecule has 0 atom stereocenters. The first kappa shape index (κ1) is 16.4. The highest BCUT2D eigenvalue weighted by atomic mass is 35.5. The Morgan fingerprint density at radius 3 is 2.50 bits per heavy atom. The van der Waals surface area contributed by atoms with E-state index in [1.807, 2.05) is 0 Å². The van der Waals surface area contributed by atoms with Gasteiger partial charge in [-0.1, -0.05) is 35.8 Å². The van der Waals surface area contributed by atoms with Crippen molar-refractivity contribution in [3.05, 3.63) is 70.3 Å². The van der Waals surface area contributed by atoms with E-state index in [1.54, 1.807) is 49.6 Å². The highest BCUT2D eigenvalue weighted by Gasteiger charge is 2.10. The van der Waals surface area contributed by atoms with Crippen LogP contribution in [0.4, 0.5) is 5.69 Å². The second kappa shape index (κ2) is 7.34. The molecule has 0 aromatic heterocycles. The minimum absolute atomic E-state index is 0.0432. The van der Waals surface area contributed by atoms with Gasteiger partial charge in [0.2, 0.25) is 0 Å². The SMILES string of the molecule is C=C(CC(=O)c1ccc(OC)cc1)Nc1cccc(Cl)c1Cl. The summed E-state index contributed by atoms with van der Waals surface area (Å²) in [6.45, 7) is 3.86. The average molecular weight is 336 g/mol. The first-order chi connectivity index (χ1) is 10.5. The van der Waals surface area contributed by atoms with Gasteiger partial charge in [-0.25, -0.2) is 0 Å². The standard InChI is InChI=1S/C17H15Cl2NO2/c1-11(20-15-5-3-4-14(18)17(15)19)10-16(21)12-6-8-13(22-2)9-7-12/h3-9,20H,1,10H2,2H3. The summed E-state index contributed by atoms with van der Waals surface area (Å²) in [4.78, 5) is 12.2. The monoisotopic (exact) mass is 335 g/mol. The first-order valence-corrected chi connectivity index (χ1v) is 7.33. The number of carbonyl (C=O) groups excluding carboxylic acids is 1. The third-order valence-electron chi connectivity index (χ3n) is 3.05. The predicted octanol–water partition coefficient (Wildman–Crippen LogP) is 5.20. The summed E-state index contributed by atoms with van der Waals surface area (Å²) in [7, 11) is 1.58. The highest BCUT2D eigenvalue weighted by molar-refractivity contribution is 6.43. The van der Waals surface area contributed by atoms with Crippen LogP contribution in [0.3, 0.4) is 0 Å². The number of ketones is 1. The Balaban J connectivity index is 2.01. The number of anilines is 1. The topological polar surface area (TPSA) is 38.3 Å². The van der Waals surface area contributed by atoms with Crippen molar-refractivity contribution in [3.63, 3.8) is 0 Å². The molecule has 0 aliphatic heterocycles. The van der Waals surface area contributed by atoms with E-state index in [4.69, 9.17) is 27.9 Å². The summed E-state index contributed by atoms with van der Waals surface area (Å²) >= 11 is 12.0. The number of methoxy groups -OCH3 is 1. The van der Waals surface area contributed by atoms with Gasteiger partial charge in [-0.2, -0.15) is 0 Å². The Labute approximate surface area is 139 Å². The van der Waals surface area contributed by atoms with Crippen molar-refractivity contribution in [2.24, 2.45) is 0 Å². The van der Waals surface area contributed by atoms with Gasteiger partial charge in [0.05, 0.1) is 29.3 Å². The van der Waals surface area contributed by atoms with E-state index in [1.165, 1.54) is 0 Å². The average Bonchev–Trinajstić information content (AvgIpc) is 2.52. The van der Waals surface area contributed by atoms with Crippen LogP contribution >= 0.6 is 23.2 Å². The van der Waals surface area contributed by atoms with E-state index in [-0.39, 0.29) is 12.2 Å². The Morgan fingerprint density at radius 2 is 1.86 bits per heavy atom. The minimum atomic E-state index is -0.0432. The van der Waals surface area contributed by atoms with Crippen molar-refractivity contribution in [2.75, 3.05) is 12.4 Å². The van der Waals surface area contributed by atoms with Gasteiger partial charge < -0.3 is 10.1 Å². The molecule has 114 valence electrons. The molecule has 0 fully saturated rings. The molecule has 0 saturated carbocycles. The van der Waals surface area contributed by atoms with Crippen LogP contribution in [0.15, 0.2) is 54.7 Å². The fourth-order valence-electron chi connectivity index (χ4n) is 1.91. The van der Waals surface area contributed by atoms with Crippen molar-refractivity contribution in [2.45, 2.75) is 6.42 Å². The maximum Gasteiger partial charge on any atom is 0.168 e. The fraction of sp³-hybridized carbons (Fsp3) is 0.118. The van der Waals surface area contributed by atoms with E-state index in [9.17, 15) is 4.79 Å². The largest absolute Gasteiger partial charge is 0.497 e. The third-order valence-corrected chi connectivity index (χ3v) is 3.87. The van der Waals surface area contributed by atoms with Crippen LogP contribution in [-0.2, 0) is 0 Å². The first-order valence-electron chi connectivity index (χ1n) is 6.57. The van der Waals surface area contributed by atoms with Gasteiger partial charge in [0.15, 0.2) is 5.78 Å². The molecule has 0 aliphatic rings. The van der Waals surface area contributed by atoms with Crippen molar-refractivity contribution in [1.29, 1.82) is 0 Å². The number of benzene rings is 2.